The number of benzene rings is 3. The molecule has 3 aromatic carbocycles. The van der Waals surface area contributed by atoms with E-state index in [9.17, 15) is 8.42 Å². The molecule has 162 valence electrons. The maximum atomic E-state index is 13.7. The zero-order chi connectivity index (χ0) is 22.2. The van der Waals surface area contributed by atoms with Crippen LogP contribution in [0.25, 0.3) is 0 Å². The van der Waals surface area contributed by atoms with Gasteiger partial charge in [-0.25, -0.2) is 8.42 Å². The van der Waals surface area contributed by atoms with E-state index < -0.39 is 27.1 Å². The third-order valence-corrected chi connectivity index (χ3v) is 8.27. The van der Waals surface area contributed by atoms with E-state index in [2.05, 4.69) is 5.32 Å². The summed E-state index contributed by atoms with van der Waals surface area (Å²) in [6.45, 7) is 4.04. The molecule has 31 heavy (non-hydrogen) atoms. The Hall–Kier alpha value is -1.89. The smallest absolute Gasteiger partial charge is 0.245 e. The molecular weight excluding hydrogens is 451 g/mol. The van der Waals surface area contributed by atoms with Crippen LogP contribution in [0.1, 0.15) is 37.1 Å². The van der Waals surface area contributed by atoms with Crippen molar-refractivity contribution >= 4 is 33.2 Å². The van der Waals surface area contributed by atoms with Crippen LogP contribution in [0.3, 0.4) is 0 Å². The van der Waals surface area contributed by atoms with Gasteiger partial charge in [0.15, 0.2) is 5.00 Å². The molecule has 0 amide bonds. The summed E-state index contributed by atoms with van der Waals surface area (Å²) in [5.41, 5.74) is 1.72. The zero-order valence-corrected chi connectivity index (χ0v) is 19.6. The first-order valence-corrected chi connectivity index (χ1v) is 12.3. The summed E-state index contributed by atoms with van der Waals surface area (Å²) in [7, 11) is -3.84. The van der Waals surface area contributed by atoms with Crippen LogP contribution in [-0.4, -0.2) is 23.8 Å². The Balaban J connectivity index is 1.86. The minimum atomic E-state index is -3.84. The van der Waals surface area contributed by atoms with Crippen LogP contribution in [-0.2, 0) is 10.0 Å². The number of sulfonamides is 1. The molecule has 0 radical (unpaired) electrons. The number of nitrogens with zero attached hydrogens (tertiary/aromatic N) is 1. The van der Waals surface area contributed by atoms with Crippen molar-refractivity contribution in [3.05, 3.63) is 101 Å². The Morgan fingerprint density at radius 3 is 2.00 bits per heavy atom. The molecule has 3 aromatic rings. The highest BCUT2D eigenvalue weighted by molar-refractivity contribution is 7.89. The number of nitrogens with one attached hydrogen (secondary N) is 1. The van der Waals surface area contributed by atoms with Crippen LogP contribution in [0, 0.1) is 0 Å². The van der Waals surface area contributed by atoms with Gasteiger partial charge in [-0.05, 0) is 35.4 Å². The van der Waals surface area contributed by atoms with E-state index >= 15 is 0 Å². The Labute approximate surface area is 193 Å². The number of rotatable bonds is 7. The second-order valence-corrected chi connectivity index (χ2v) is 10.8. The van der Waals surface area contributed by atoms with E-state index in [0.29, 0.717) is 5.02 Å². The molecule has 4 nitrogen and oxygen atoms in total. The number of alkyl halides is 1. The first-order chi connectivity index (χ1) is 14.8. The van der Waals surface area contributed by atoms with E-state index in [1.165, 1.54) is 4.31 Å². The van der Waals surface area contributed by atoms with Gasteiger partial charge in [-0.15, -0.1) is 0 Å². The van der Waals surface area contributed by atoms with Gasteiger partial charge in [0.05, 0.1) is 17.0 Å². The number of hydrogen-bond acceptors (Lipinski definition) is 3. The van der Waals surface area contributed by atoms with Crippen molar-refractivity contribution < 1.29 is 8.42 Å². The van der Waals surface area contributed by atoms with Crippen molar-refractivity contribution in [3.63, 3.8) is 0 Å². The monoisotopic (exact) mass is 474 g/mol. The molecule has 1 saturated heterocycles. The number of hydrogen-bond donors (Lipinski definition) is 1. The fourth-order valence-corrected chi connectivity index (χ4v) is 6.75. The van der Waals surface area contributed by atoms with Gasteiger partial charge in [-0.3, -0.25) is 0 Å². The van der Waals surface area contributed by atoms with Crippen LogP contribution in [0.2, 0.25) is 5.02 Å². The third kappa shape index (κ3) is 4.13. The molecule has 0 bridgehead atoms. The molecule has 4 atom stereocenters. The molecule has 0 spiro atoms. The van der Waals surface area contributed by atoms with E-state index in [-0.39, 0.29) is 10.9 Å². The minimum Gasteiger partial charge on any atom is -0.305 e. The SMILES string of the molecule is CC(C)N[C@@H](c1ccccc1)[C@]1(Cl)[C@@H](c2ccc(Cl)cc2)N1S(=O)(=O)c1ccccc1. The molecule has 1 heterocycles. The average molecular weight is 475 g/mol. The predicted octanol–water partition coefficient (Wildman–Crippen LogP) is 5.76. The Kier molecular flexibility index (Phi) is 6.16. The minimum absolute atomic E-state index is 0.0913. The average Bonchev–Trinajstić information content (AvgIpc) is 3.41. The first kappa shape index (κ1) is 22.3. The van der Waals surface area contributed by atoms with Gasteiger partial charge in [0.1, 0.15) is 0 Å². The normalized spacial score (nSPS) is 24.2. The van der Waals surface area contributed by atoms with Crippen molar-refractivity contribution in [1.82, 2.24) is 9.62 Å². The summed E-state index contributed by atoms with van der Waals surface area (Å²) in [5, 5.41) is 4.08. The first-order valence-electron chi connectivity index (χ1n) is 10.1. The van der Waals surface area contributed by atoms with E-state index in [4.69, 9.17) is 23.2 Å². The van der Waals surface area contributed by atoms with Crippen LogP contribution in [0.4, 0.5) is 0 Å². The van der Waals surface area contributed by atoms with Crippen LogP contribution in [0.15, 0.2) is 89.8 Å². The molecule has 1 aliphatic heterocycles. The molecule has 7 heteroatoms. The molecule has 0 saturated carbocycles. The molecule has 1 aliphatic rings. The van der Waals surface area contributed by atoms with E-state index in [1.54, 1.807) is 42.5 Å². The summed E-state index contributed by atoms with van der Waals surface area (Å²) in [5.74, 6) is 0. The second kappa shape index (κ2) is 8.57. The van der Waals surface area contributed by atoms with E-state index in [0.717, 1.165) is 11.1 Å². The summed E-state index contributed by atoms with van der Waals surface area (Å²) in [6.07, 6.45) is 0. The Morgan fingerprint density at radius 2 is 1.45 bits per heavy atom. The molecule has 0 aromatic heterocycles. The Morgan fingerprint density at radius 1 is 0.903 bits per heavy atom. The van der Waals surface area contributed by atoms with Crippen LogP contribution in [0.5, 0.6) is 0 Å². The molecule has 0 aliphatic carbocycles. The topological polar surface area (TPSA) is 49.2 Å². The van der Waals surface area contributed by atoms with Gasteiger partial charge >= 0.3 is 0 Å². The fourth-order valence-electron chi connectivity index (χ4n) is 4.01. The van der Waals surface area contributed by atoms with Crippen molar-refractivity contribution in [1.29, 1.82) is 0 Å². The second-order valence-electron chi connectivity index (χ2n) is 7.96. The summed E-state index contributed by atoms with van der Waals surface area (Å²) < 4.78 is 28.7. The highest BCUT2D eigenvalue weighted by Gasteiger charge is 2.72. The van der Waals surface area contributed by atoms with Crippen molar-refractivity contribution in [2.45, 2.75) is 41.9 Å². The maximum Gasteiger partial charge on any atom is 0.245 e. The van der Waals surface area contributed by atoms with Crippen LogP contribution >= 0.6 is 23.2 Å². The largest absolute Gasteiger partial charge is 0.305 e. The number of halogens is 2. The van der Waals surface area contributed by atoms with E-state index in [1.807, 2.05) is 56.3 Å². The summed E-state index contributed by atoms with van der Waals surface area (Å²) in [6, 6.07) is 24.4. The molecule has 1 N–H and O–H groups in total. The predicted molar refractivity (Wildman–Crippen MR) is 126 cm³/mol. The summed E-state index contributed by atoms with van der Waals surface area (Å²) in [4.78, 5) is -0.999. The van der Waals surface area contributed by atoms with Gasteiger partial charge in [0.25, 0.3) is 0 Å². The van der Waals surface area contributed by atoms with Crippen LogP contribution < -0.4 is 5.32 Å². The van der Waals surface area contributed by atoms with Gasteiger partial charge < -0.3 is 5.32 Å². The van der Waals surface area contributed by atoms with Crippen molar-refractivity contribution in [2.24, 2.45) is 0 Å². The molecular formula is C24H24Cl2N2O2S. The third-order valence-electron chi connectivity index (χ3n) is 5.41. The Bertz CT molecular complexity index is 1140. The van der Waals surface area contributed by atoms with Crippen molar-refractivity contribution in [2.75, 3.05) is 0 Å². The molecule has 1 unspecified atom stereocenters. The zero-order valence-electron chi connectivity index (χ0n) is 17.2. The quantitative estimate of drug-likeness (QED) is 0.269. The van der Waals surface area contributed by atoms with Gasteiger partial charge in [-0.1, -0.05) is 97.7 Å². The van der Waals surface area contributed by atoms with Gasteiger partial charge in [0.2, 0.25) is 10.0 Å². The highest BCUT2D eigenvalue weighted by atomic mass is 35.5. The lowest BCUT2D eigenvalue weighted by atomic mass is 9.97. The highest BCUT2D eigenvalue weighted by Crippen LogP contribution is 2.64. The lowest BCUT2D eigenvalue weighted by Crippen LogP contribution is -2.39. The molecule has 1 fully saturated rings. The fraction of sp³-hybridized carbons (Fsp3) is 0.250. The standard InChI is InChI=1S/C24H24Cl2N2O2S/c1-17(2)27-22(18-9-5-3-6-10-18)24(26)23(19-13-15-20(25)16-14-19)28(24)31(29,30)21-11-7-4-8-12-21/h3-17,22-23,27H,1-2H3/t22-,23+,24+,28?/m0/s1. The van der Waals surface area contributed by atoms with Gasteiger partial charge in [-0.2, -0.15) is 4.31 Å². The molecule has 4 rings (SSSR count). The van der Waals surface area contributed by atoms with Crippen molar-refractivity contribution in [3.8, 4) is 0 Å². The lowest BCUT2D eigenvalue weighted by Gasteiger charge is -2.27. The maximum absolute atomic E-state index is 13.7. The lowest BCUT2D eigenvalue weighted by molar-refractivity contribution is 0.416. The summed E-state index contributed by atoms with van der Waals surface area (Å²) >= 11 is 13.4. The van der Waals surface area contributed by atoms with Gasteiger partial charge in [0, 0.05) is 11.1 Å².